The quantitative estimate of drug-likeness (QED) is 0.428. The minimum atomic E-state index is -4.57. The van der Waals surface area contributed by atoms with Gasteiger partial charge in [0.05, 0.1) is 17.7 Å². The first kappa shape index (κ1) is 27.4. The van der Waals surface area contributed by atoms with Crippen LogP contribution < -0.4 is 11.1 Å². The van der Waals surface area contributed by atoms with Crippen LogP contribution in [0.15, 0.2) is 53.8 Å². The van der Waals surface area contributed by atoms with Crippen molar-refractivity contribution in [3.8, 4) is 0 Å². The SMILES string of the molecule is CC=C(CCc1nc(Nc2ccc(C3CCCN(C)C3)cc2)ncc1C(F)(F)F)C(=CC)CC(N)=O. The Balaban J connectivity index is 1.77. The highest BCUT2D eigenvalue weighted by Crippen LogP contribution is 2.33. The number of aromatic nitrogens is 2. The number of anilines is 2. The molecule has 3 N–H and O–H groups in total. The van der Waals surface area contributed by atoms with Crippen LogP contribution in [0.4, 0.5) is 24.8 Å². The number of amides is 1. The van der Waals surface area contributed by atoms with Gasteiger partial charge >= 0.3 is 6.18 Å². The molecule has 1 saturated heterocycles. The number of hydrogen-bond acceptors (Lipinski definition) is 5. The summed E-state index contributed by atoms with van der Waals surface area (Å²) in [6, 6.07) is 7.91. The van der Waals surface area contributed by atoms with Crippen LogP contribution in [0, 0.1) is 0 Å². The molecule has 0 radical (unpaired) electrons. The molecular formula is C27H34F3N5O. The molecule has 194 valence electrons. The van der Waals surface area contributed by atoms with Crippen LogP contribution in [-0.4, -0.2) is 40.9 Å². The van der Waals surface area contributed by atoms with Gasteiger partial charge < -0.3 is 16.0 Å². The first-order chi connectivity index (χ1) is 17.1. The lowest BCUT2D eigenvalue weighted by atomic mass is 9.91. The number of carbonyl (C=O) groups is 1. The second-order valence-electron chi connectivity index (χ2n) is 9.17. The van der Waals surface area contributed by atoms with Crippen molar-refractivity contribution in [3.05, 3.63) is 70.6 Å². The number of nitrogens with one attached hydrogen (secondary N) is 1. The zero-order chi connectivity index (χ0) is 26.3. The van der Waals surface area contributed by atoms with Gasteiger partial charge in [0.1, 0.15) is 0 Å². The van der Waals surface area contributed by atoms with Crippen molar-refractivity contribution < 1.29 is 18.0 Å². The van der Waals surface area contributed by atoms with Crippen molar-refractivity contribution in [2.75, 3.05) is 25.5 Å². The van der Waals surface area contributed by atoms with E-state index in [1.807, 2.05) is 24.3 Å². The highest BCUT2D eigenvalue weighted by Gasteiger charge is 2.35. The lowest BCUT2D eigenvalue weighted by Gasteiger charge is -2.30. The molecule has 3 rings (SSSR count). The van der Waals surface area contributed by atoms with Gasteiger partial charge in [-0.05, 0) is 87.9 Å². The number of aryl methyl sites for hydroxylation is 1. The van der Waals surface area contributed by atoms with Gasteiger partial charge in [-0.2, -0.15) is 13.2 Å². The molecule has 2 aromatic rings. The molecule has 9 heteroatoms. The van der Waals surface area contributed by atoms with E-state index in [2.05, 4.69) is 27.2 Å². The number of nitrogens with two attached hydrogens (primary N) is 1. The molecule has 0 aliphatic carbocycles. The first-order valence-electron chi connectivity index (χ1n) is 12.2. The summed E-state index contributed by atoms with van der Waals surface area (Å²) in [6.45, 7) is 5.68. The Morgan fingerprint density at radius 3 is 2.47 bits per heavy atom. The molecule has 1 aromatic carbocycles. The highest BCUT2D eigenvalue weighted by atomic mass is 19.4. The maximum atomic E-state index is 13.7. The van der Waals surface area contributed by atoms with Crippen LogP contribution in [0.25, 0.3) is 0 Å². The monoisotopic (exact) mass is 501 g/mol. The fraction of sp³-hybridized carbons (Fsp3) is 0.444. The van der Waals surface area contributed by atoms with E-state index in [9.17, 15) is 18.0 Å². The molecule has 1 aliphatic heterocycles. The molecule has 0 spiro atoms. The van der Waals surface area contributed by atoms with Gasteiger partial charge in [0.15, 0.2) is 0 Å². The Labute approximate surface area is 210 Å². The van der Waals surface area contributed by atoms with E-state index in [1.165, 1.54) is 5.56 Å². The molecule has 0 saturated carbocycles. The zero-order valence-electron chi connectivity index (χ0n) is 21.0. The maximum absolute atomic E-state index is 13.7. The minimum Gasteiger partial charge on any atom is -0.369 e. The van der Waals surface area contributed by atoms with Gasteiger partial charge in [-0.1, -0.05) is 24.3 Å². The summed E-state index contributed by atoms with van der Waals surface area (Å²) < 4.78 is 41.0. The van der Waals surface area contributed by atoms with E-state index in [4.69, 9.17) is 5.73 Å². The predicted molar refractivity (Wildman–Crippen MR) is 136 cm³/mol. The molecule has 36 heavy (non-hydrogen) atoms. The van der Waals surface area contributed by atoms with E-state index in [-0.39, 0.29) is 30.9 Å². The van der Waals surface area contributed by atoms with Crippen LogP contribution in [0.5, 0.6) is 0 Å². The van der Waals surface area contributed by atoms with Crippen molar-refractivity contribution in [1.29, 1.82) is 0 Å². The van der Waals surface area contributed by atoms with Crippen LogP contribution in [-0.2, 0) is 17.4 Å². The van der Waals surface area contributed by atoms with Crippen molar-refractivity contribution in [3.63, 3.8) is 0 Å². The molecule has 1 aliphatic rings. The summed E-state index contributed by atoms with van der Waals surface area (Å²) in [5.74, 6) is 0.0891. The molecular weight excluding hydrogens is 467 g/mol. The number of carbonyl (C=O) groups excluding carboxylic acids is 1. The van der Waals surface area contributed by atoms with Crippen molar-refractivity contribution in [2.24, 2.45) is 5.73 Å². The average molecular weight is 502 g/mol. The average Bonchev–Trinajstić information content (AvgIpc) is 2.83. The van der Waals surface area contributed by atoms with Gasteiger partial charge in [-0.3, -0.25) is 4.79 Å². The molecule has 6 nitrogen and oxygen atoms in total. The van der Waals surface area contributed by atoms with E-state index in [1.54, 1.807) is 26.0 Å². The standard InChI is InChI=1S/C27H34F3N5O/c1-4-18(19(5-2)15-25(31)36)10-13-24-23(27(28,29)30)16-32-26(34-24)33-22-11-8-20(9-12-22)21-7-6-14-35(3)17-21/h4-5,8-9,11-12,16,21H,6-7,10,13-15,17H2,1-3H3,(H2,31,36)(H,32,33,34). The van der Waals surface area contributed by atoms with E-state index < -0.39 is 17.6 Å². The minimum absolute atomic E-state index is 0.0338. The number of nitrogens with zero attached hydrogens (tertiary/aromatic N) is 3. The Hall–Kier alpha value is -3.20. The van der Waals surface area contributed by atoms with Crippen LogP contribution in [0.1, 0.15) is 62.3 Å². The molecule has 1 unspecified atom stereocenters. The van der Waals surface area contributed by atoms with Gasteiger partial charge in [0.25, 0.3) is 0 Å². The van der Waals surface area contributed by atoms with Crippen LogP contribution in [0.3, 0.4) is 0 Å². The predicted octanol–water partition coefficient (Wildman–Crippen LogP) is 5.75. The molecule has 1 aromatic heterocycles. The smallest absolute Gasteiger partial charge is 0.369 e. The Kier molecular flexibility index (Phi) is 9.25. The number of alkyl halides is 3. The molecule has 2 heterocycles. The van der Waals surface area contributed by atoms with Gasteiger partial charge in [0, 0.05) is 18.4 Å². The summed E-state index contributed by atoms with van der Waals surface area (Å²) in [4.78, 5) is 21.8. The van der Waals surface area contributed by atoms with Gasteiger partial charge in [0.2, 0.25) is 11.9 Å². The highest BCUT2D eigenvalue weighted by molar-refractivity contribution is 5.77. The lowest BCUT2D eigenvalue weighted by Crippen LogP contribution is -2.30. The van der Waals surface area contributed by atoms with Crippen LogP contribution >= 0.6 is 0 Å². The number of likely N-dealkylation sites (N-methyl/N-ethyl adjacent to an activating group) is 1. The Bertz CT molecular complexity index is 1110. The number of halogens is 3. The van der Waals surface area contributed by atoms with Gasteiger partial charge in [-0.15, -0.1) is 0 Å². The van der Waals surface area contributed by atoms with E-state index >= 15 is 0 Å². The number of allylic oxidation sites excluding steroid dienone is 3. The van der Waals surface area contributed by atoms with Crippen LogP contribution in [0.2, 0.25) is 0 Å². The molecule has 1 atom stereocenters. The lowest BCUT2D eigenvalue weighted by molar-refractivity contribution is -0.138. The largest absolute Gasteiger partial charge is 0.419 e. The van der Waals surface area contributed by atoms with E-state index in [0.29, 0.717) is 17.2 Å². The fourth-order valence-electron chi connectivity index (χ4n) is 4.64. The second kappa shape index (κ2) is 12.2. The summed E-state index contributed by atoms with van der Waals surface area (Å²) in [5, 5.41) is 3.04. The number of primary amides is 1. The number of piperidine rings is 1. The summed E-state index contributed by atoms with van der Waals surface area (Å²) in [6.07, 6.45) is 2.46. The Morgan fingerprint density at radius 2 is 1.89 bits per heavy atom. The van der Waals surface area contributed by atoms with Crippen molar-refractivity contribution in [2.45, 2.75) is 58.0 Å². The Morgan fingerprint density at radius 1 is 1.19 bits per heavy atom. The van der Waals surface area contributed by atoms with Crippen molar-refractivity contribution in [1.82, 2.24) is 14.9 Å². The number of likely N-dealkylation sites (tertiary alicyclic amines) is 1. The molecule has 1 amide bonds. The molecule has 0 bridgehead atoms. The number of benzene rings is 1. The third-order valence-electron chi connectivity index (χ3n) is 6.54. The fourth-order valence-corrected chi connectivity index (χ4v) is 4.64. The second-order valence-corrected chi connectivity index (χ2v) is 9.17. The number of rotatable bonds is 9. The first-order valence-corrected chi connectivity index (χ1v) is 12.2. The summed E-state index contributed by atoms with van der Waals surface area (Å²) >= 11 is 0. The summed E-state index contributed by atoms with van der Waals surface area (Å²) in [5.41, 5.74) is 7.77. The topological polar surface area (TPSA) is 84.1 Å². The third kappa shape index (κ3) is 7.40. The normalized spacial score (nSPS) is 17.8. The molecule has 1 fully saturated rings. The van der Waals surface area contributed by atoms with Crippen molar-refractivity contribution >= 4 is 17.5 Å². The van der Waals surface area contributed by atoms with Gasteiger partial charge in [-0.25, -0.2) is 9.97 Å². The van der Waals surface area contributed by atoms with E-state index in [0.717, 1.165) is 37.7 Å². The maximum Gasteiger partial charge on any atom is 0.419 e. The summed E-state index contributed by atoms with van der Waals surface area (Å²) in [7, 11) is 2.12. The number of hydrogen-bond donors (Lipinski definition) is 2. The zero-order valence-corrected chi connectivity index (χ0v) is 21.0. The third-order valence-corrected chi connectivity index (χ3v) is 6.54.